The van der Waals surface area contributed by atoms with Crippen LogP contribution in [0.3, 0.4) is 0 Å². The van der Waals surface area contributed by atoms with Crippen LogP contribution in [0.4, 0.5) is 0 Å². The highest BCUT2D eigenvalue weighted by atomic mass is 32.2. The normalized spacial score (nSPS) is 21.9. The van der Waals surface area contributed by atoms with Gasteiger partial charge in [0.05, 0.1) is 5.25 Å². The molecular weight excluding hydrogens is 216 g/mol. The lowest BCUT2D eigenvalue weighted by molar-refractivity contribution is 0.0630. The lowest BCUT2D eigenvalue weighted by atomic mass is 10.1. The van der Waals surface area contributed by atoms with E-state index in [9.17, 15) is 8.42 Å². The first-order valence-corrected chi connectivity index (χ1v) is 6.75. The van der Waals surface area contributed by atoms with Gasteiger partial charge >= 0.3 is 0 Å². The monoisotopic (exact) mass is 236 g/mol. The van der Waals surface area contributed by atoms with Crippen LogP contribution in [-0.2, 0) is 14.8 Å². The van der Waals surface area contributed by atoms with Crippen molar-refractivity contribution in [2.75, 3.05) is 26.8 Å². The van der Waals surface area contributed by atoms with Crippen molar-refractivity contribution in [3.8, 4) is 0 Å². The number of hydrogen-bond acceptors (Lipinski definition) is 4. The van der Waals surface area contributed by atoms with Crippen molar-refractivity contribution in [1.82, 2.24) is 4.31 Å². The van der Waals surface area contributed by atoms with Gasteiger partial charge in [-0.05, 0) is 19.8 Å². The number of ether oxygens (including phenoxy) is 1. The van der Waals surface area contributed by atoms with E-state index < -0.39 is 15.3 Å². The molecular formula is C9H20N2O3S. The molecule has 0 amide bonds. The zero-order chi connectivity index (χ0) is 11.5. The number of nitrogens with two attached hydrogens (primary N) is 1. The van der Waals surface area contributed by atoms with Gasteiger partial charge in [-0.15, -0.1) is 0 Å². The molecule has 0 saturated carbocycles. The zero-order valence-corrected chi connectivity index (χ0v) is 10.2. The van der Waals surface area contributed by atoms with Gasteiger partial charge < -0.3 is 10.5 Å². The molecule has 6 heteroatoms. The van der Waals surface area contributed by atoms with E-state index in [2.05, 4.69) is 0 Å². The minimum absolute atomic E-state index is 0.0674. The van der Waals surface area contributed by atoms with Crippen molar-refractivity contribution in [1.29, 1.82) is 0 Å². The van der Waals surface area contributed by atoms with Crippen molar-refractivity contribution in [3.05, 3.63) is 0 Å². The highest BCUT2D eigenvalue weighted by Crippen LogP contribution is 2.18. The molecule has 15 heavy (non-hydrogen) atoms. The summed E-state index contributed by atoms with van der Waals surface area (Å²) in [4.78, 5) is 0. The van der Waals surface area contributed by atoms with Crippen LogP contribution in [0.2, 0.25) is 0 Å². The van der Waals surface area contributed by atoms with E-state index in [1.54, 1.807) is 14.0 Å². The van der Waals surface area contributed by atoms with Crippen molar-refractivity contribution in [2.45, 2.75) is 31.1 Å². The Morgan fingerprint density at radius 2 is 2.00 bits per heavy atom. The molecule has 1 aliphatic rings. The first kappa shape index (κ1) is 12.9. The first-order chi connectivity index (χ1) is 7.00. The van der Waals surface area contributed by atoms with Crippen molar-refractivity contribution < 1.29 is 13.2 Å². The summed E-state index contributed by atoms with van der Waals surface area (Å²) in [6.45, 7) is 3.09. The Hall–Kier alpha value is -0.170. The van der Waals surface area contributed by atoms with Crippen molar-refractivity contribution in [2.24, 2.45) is 5.73 Å². The molecule has 0 aromatic rings. The second-order valence-corrected chi connectivity index (χ2v) is 6.36. The molecule has 0 spiro atoms. The third-order valence-electron chi connectivity index (χ3n) is 2.95. The predicted molar refractivity (Wildman–Crippen MR) is 59.0 cm³/mol. The maximum Gasteiger partial charge on any atom is 0.217 e. The SMILES string of the molecule is CC(CN)S(=O)(=O)N(C)C1CCOCC1. The van der Waals surface area contributed by atoms with Crippen molar-refractivity contribution >= 4 is 10.0 Å². The maximum absolute atomic E-state index is 12.0. The molecule has 5 nitrogen and oxygen atoms in total. The lowest BCUT2D eigenvalue weighted by Crippen LogP contribution is -2.46. The predicted octanol–water partition coefficient (Wildman–Crippen LogP) is -0.226. The molecule has 0 aliphatic carbocycles. The van der Waals surface area contributed by atoms with Crippen LogP contribution in [0, 0.1) is 0 Å². The molecule has 0 aromatic carbocycles. The summed E-state index contributed by atoms with van der Waals surface area (Å²) in [7, 11) is -1.60. The van der Waals surface area contributed by atoms with Gasteiger partial charge in [-0.2, -0.15) is 0 Å². The minimum Gasteiger partial charge on any atom is -0.381 e. The van der Waals surface area contributed by atoms with Crippen molar-refractivity contribution in [3.63, 3.8) is 0 Å². The second-order valence-electron chi connectivity index (χ2n) is 3.95. The van der Waals surface area contributed by atoms with E-state index in [-0.39, 0.29) is 12.6 Å². The van der Waals surface area contributed by atoms with Gasteiger partial charge in [0.25, 0.3) is 0 Å². The largest absolute Gasteiger partial charge is 0.381 e. The summed E-state index contributed by atoms with van der Waals surface area (Å²) in [6.07, 6.45) is 1.54. The maximum atomic E-state index is 12.0. The highest BCUT2D eigenvalue weighted by molar-refractivity contribution is 7.89. The topological polar surface area (TPSA) is 72.6 Å². The quantitative estimate of drug-likeness (QED) is 0.732. The molecule has 1 aliphatic heterocycles. The molecule has 1 saturated heterocycles. The number of sulfonamides is 1. The average molecular weight is 236 g/mol. The van der Waals surface area contributed by atoms with Crippen LogP contribution in [-0.4, -0.2) is 50.8 Å². The Morgan fingerprint density at radius 1 is 1.47 bits per heavy atom. The Bertz CT molecular complexity index is 286. The first-order valence-electron chi connectivity index (χ1n) is 5.24. The average Bonchev–Trinajstić information content (AvgIpc) is 2.28. The highest BCUT2D eigenvalue weighted by Gasteiger charge is 2.31. The lowest BCUT2D eigenvalue weighted by Gasteiger charge is -2.32. The van der Waals surface area contributed by atoms with Crippen LogP contribution < -0.4 is 5.73 Å². The number of nitrogens with zero attached hydrogens (tertiary/aromatic N) is 1. The molecule has 2 N–H and O–H groups in total. The smallest absolute Gasteiger partial charge is 0.217 e. The Kier molecular flexibility index (Phi) is 4.51. The Labute approximate surface area is 91.6 Å². The number of rotatable bonds is 4. The molecule has 1 unspecified atom stereocenters. The van der Waals surface area contributed by atoms with Gasteiger partial charge in [0.2, 0.25) is 10.0 Å². The zero-order valence-electron chi connectivity index (χ0n) is 9.35. The fourth-order valence-corrected chi connectivity index (χ4v) is 3.10. The molecule has 0 bridgehead atoms. The van der Waals surface area contributed by atoms with Gasteiger partial charge in [-0.3, -0.25) is 0 Å². The molecule has 1 atom stereocenters. The van der Waals surface area contributed by atoms with E-state index in [1.165, 1.54) is 4.31 Å². The molecule has 0 aromatic heterocycles. The van der Waals surface area contributed by atoms with E-state index in [0.717, 1.165) is 12.8 Å². The second kappa shape index (κ2) is 5.25. The van der Waals surface area contributed by atoms with Crippen LogP contribution in [0.1, 0.15) is 19.8 Å². The Balaban J connectivity index is 2.69. The van der Waals surface area contributed by atoms with Gasteiger partial charge in [-0.25, -0.2) is 12.7 Å². The van der Waals surface area contributed by atoms with Gasteiger partial charge in [-0.1, -0.05) is 0 Å². The summed E-state index contributed by atoms with van der Waals surface area (Å²) in [5.41, 5.74) is 5.39. The third-order valence-corrected chi connectivity index (χ3v) is 5.26. The summed E-state index contributed by atoms with van der Waals surface area (Å²) in [5.74, 6) is 0. The molecule has 1 fully saturated rings. The molecule has 1 rings (SSSR count). The summed E-state index contributed by atoms with van der Waals surface area (Å²) in [6, 6.07) is 0.0674. The van der Waals surface area contributed by atoms with E-state index in [0.29, 0.717) is 13.2 Å². The standard InChI is InChI=1S/C9H20N2O3S/c1-8(7-10)15(12,13)11(2)9-3-5-14-6-4-9/h8-9H,3-7,10H2,1-2H3. The molecule has 0 radical (unpaired) electrons. The van der Waals surface area contributed by atoms with Crippen LogP contribution in [0.15, 0.2) is 0 Å². The minimum atomic E-state index is -3.24. The van der Waals surface area contributed by atoms with E-state index >= 15 is 0 Å². The molecule has 1 heterocycles. The fraction of sp³-hybridized carbons (Fsp3) is 1.00. The third kappa shape index (κ3) is 2.90. The van der Waals surface area contributed by atoms with Crippen LogP contribution in [0.25, 0.3) is 0 Å². The summed E-state index contributed by atoms with van der Waals surface area (Å²) >= 11 is 0. The van der Waals surface area contributed by atoms with Crippen LogP contribution >= 0.6 is 0 Å². The van der Waals surface area contributed by atoms with Gasteiger partial charge in [0, 0.05) is 32.8 Å². The fourth-order valence-electron chi connectivity index (χ4n) is 1.66. The number of hydrogen-bond donors (Lipinski definition) is 1. The van der Waals surface area contributed by atoms with E-state index in [1.807, 2.05) is 0 Å². The summed E-state index contributed by atoms with van der Waals surface area (Å²) < 4.78 is 30.6. The van der Waals surface area contributed by atoms with Gasteiger partial charge in [0.1, 0.15) is 0 Å². The van der Waals surface area contributed by atoms with Gasteiger partial charge in [0.15, 0.2) is 0 Å². The van der Waals surface area contributed by atoms with Crippen LogP contribution in [0.5, 0.6) is 0 Å². The van der Waals surface area contributed by atoms with E-state index in [4.69, 9.17) is 10.5 Å². The Morgan fingerprint density at radius 3 is 2.47 bits per heavy atom. The molecule has 90 valence electrons. The summed E-state index contributed by atoms with van der Waals surface area (Å²) in [5, 5.41) is -0.509.